The first-order valence-corrected chi connectivity index (χ1v) is 10.9. The predicted octanol–water partition coefficient (Wildman–Crippen LogP) is 0.321. The zero-order valence-electron chi connectivity index (χ0n) is 17.6. The zero-order chi connectivity index (χ0) is 24.0. The molecule has 1 heterocycles. The lowest BCUT2D eigenvalue weighted by Gasteiger charge is -2.32. The van der Waals surface area contributed by atoms with Crippen LogP contribution in [0, 0.1) is 17.8 Å². The van der Waals surface area contributed by atoms with Gasteiger partial charge < -0.3 is 20.6 Å². The van der Waals surface area contributed by atoms with Crippen LogP contribution in [0.2, 0.25) is 0 Å². The molecule has 1 aliphatic carbocycles. The van der Waals surface area contributed by atoms with Gasteiger partial charge in [0.05, 0.1) is 11.6 Å². The van der Waals surface area contributed by atoms with Crippen LogP contribution in [0.1, 0.15) is 39.0 Å². The normalized spacial score (nSPS) is 27.4. The van der Waals surface area contributed by atoms with Crippen molar-refractivity contribution in [2.45, 2.75) is 51.1 Å². The number of amides is 1. The van der Waals surface area contributed by atoms with Crippen molar-refractivity contribution in [2.75, 3.05) is 12.3 Å². The molecule has 2 aliphatic rings. The van der Waals surface area contributed by atoms with Crippen molar-refractivity contribution in [1.82, 2.24) is 5.32 Å². The Morgan fingerprint density at radius 2 is 1.88 bits per heavy atom. The van der Waals surface area contributed by atoms with Crippen molar-refractivity contribution in [3.05, 3.63) is 0 Å². The van der Waals surface area contributed by atoms with Gasteiger partial charge in [-0.3, -0.25) is 29.2 Å². The summed E-state index contributed by atoms with van der Waals surface area (Å²) in [5.41, 5.74) is 0.581. The van der Waals surface area contributed by atoms with Crippen molar-refractivity contribution in [1.29, 1.82) is 0 Å². The Morgan fingerprint density at radius 1 is 1.19 bits per heavy atom. The van der Waals surface area contributed by atoms with Gasteiger partial charge in [0.2, 0.25) is 5.91 Å². The molecule has 0 aromatic heterocycles. The van der Waals surface area contributed by atoms with Crippen LogP contribution in [-0.2, 0) is 24.0 Å². The van der Waals surface area contributed by atoms with E-state index in [1.807, 2.05) is 0 Å². The molecule has 2 rings (SSSR count). The van der Waals surface area contributed by atoms with E-state index in [9.17, 15) is 34.2 Å². The van der Waals surface area contributed by atoms with E-state index in [-0.39, 0.29) is 42.9 Å². The number of hydrogen-bond donors (Lipinski definition) is 5. The Morgan fingerprint density at radius 3 is 2.41 bits per heavy atom. The third kappa shape index (κ3) is 6.15. The number of thiol groups is 1. The molecular weight excluding hydrogens is 442 g/mol. The average Bonchev–Trinajstić information content (AvgIpc) is 3.18. The second-order valence-electron chi connectivity index (χ2n) is 7.85. The maximum atomic E-state index is 12.3. The second kappa shape index (κ2) is 11.2. The minimum absolute atomic E-state index is 0.0249. The van der Waals surface area contributed by atoms with Crippen LogP contribution in [0.5, 0.6) is 0 Å². The first-order valence-electron chi connectivity index (χ1n) is 10.3. The topological polar surface area (TPSA) is 183 Å². The minimum atomic E-state index is -1.22. The smallest absolute Gasteiger partial charge is 0.328 e. The molecule has 1 fully saturated rings. The molecule has 0 bridgehead atoms. The van der Waals surface area contributed by atoms with Gasteiger partial charge >= 0.3 is 17.9 Å². The summed E-state index contributed by atoms with van der Waals surface area (Å²) in [5, 5.41) is 30.2. The summed E-state index contributed by atoms with van der Waals surface area (Å²) in [5.74, 6) is -6.44. The molecule has 1 saturated carbocycles. The number of aliphatic carboxylic acids is 3. The molecule has 11 nitrogen and oxygen atoms in total. The van der Waals surface area contributed by atoms with Crippen molar-refractivity contribution >= 4 is 53.7 Å². The number of aliphatic imine (C=N–C) groups is 2. The van der Waals surface area contributed by atoms with Crippen LogP contribution in [0.3, 0.4) is 0 Å². The van der Waals surface area contributed by atoms with Crippen LogP contribution < -0.4 is 5.32 Å². The number of hydrogen-bond acceptors (Lipinski definition) is 8. The highest BCUT2D eigenvalue weighted by Gasteiger charge is 2.46. The quantitative estimate of drug-likeness (QED) is 0.283. The molecule has 0 aromatic rings. The van der Waals surface area contributed by atoms with E-state index in [0.717, 1.165) is 0 Å². The van der Waals surface area contributed by atoms with E-state index in [2.05, 4.69) is 27.9 Å². The Labute approximate surface area is 189 Å². The lowest BCUT2D eigenvalue weighted by atomic mass is 9.74. The van der Waals surface area contributed by atoms with Gasteiger partial charge in [-0.05, 0) is 31.6 Å². The molecule has 0 saturated heterocycles. The molecule has 32 heavy (non-hydrogen) atoms. The predicted molar refractivity (Wildman–Crippen MR) is 116 cm³/mol. The maximum absolute atomic E-state index is 12.3. The fourth-order valence-corrected chi connectivity index (χ4v) is 4.55. The van der Waals surface area contributed by atoms with Crippen molar-refractivity contribution in [2.24, 2.45) is 27.7 Å². The fourth-order valence-electron chi connectivity index (χ4n) is 4.30. The number of carbonyl (C=O) groups is 5. The Hall–Kier alpha value is -2.76. The first-order chi connectivity index (χ1) is 15.1. The van der Waals surface area contributed by atoms with Gasteiger partial charge in [-0.2, -0.15) is 12.6 Å². The summed E-state index contributed by atoms with van der Waals surface area (Å²) in [6.07, 6.45) is 0.899. The highest BCUT2D eigenvalue weighted by atomic mass is 32.1. The van der Waals surface area contributed by atoms with Crippen molar-refractivity contribution in [3.8, 4) is 0 Å². The van der Waals surface area contributed by atoms with E-state index in [4.69, 9.17) is 5.11 Å². The molecule has 0 aromatic carbocycles. The van der Waals surface area contributed by atoms with Crippen molar-refractivity contribution in [3.63, 3.8) is 0 Å². The number of carboxylic acids is 3. The van der Waals surface area contributed by atoms with E-state index in [1.165, 1.54) is 0 Å². The van der Waals surface area contributed by atoms with Gasteiger partial charge in [-0.15, -0.1) is 0 Å². The molecule has 176 valence electrons. The summed E-state index contributed by atoms with van der Waals surface area (Å²) in [6.45, 7) is 1.05. The summed E-state index contributed by atoms with van der Waals surface area (Å²) < 4.78 is 0. The molecular formula is C20H27N3O8S. The number of nitrogens with zero attached hydrogens (tertiary/aromatic N) is 2. The third-order valence-corrected chi connectivity index (χ3v) is 6.13. The van der Waals surface area contributed by atoms with Gasteiger partial charge in [0.1, 0.15) is 18.6 Å². The molecule has 1 amide bonds. The average molecular weight is 470 g/mol. The molecule has 5 unspecified atom stereocenters. The van der Waals surface area contributed by atoms with Crippen LogP contribution >= 0.6 is 12.6 Å². The molecule has 4 N–H and O–H groups in total. The summed E-state index contributed by atoms with van der Waals surface area (Å²) in [4.78, 5) is 67.3. The van der Waals surface area contributed by atoms with Gasteiger partial charge in [0, 0.05) is 23.8 Å². The van der Waals surface area contributed by atoms with Crippen LogP contribution in [0.25, 0.3) is 0 Å². The third-order valence-electron chi connectivity index (χ3n) is 5.79. The van der Waals surface area contributed by atoms with Gasteiger partial charge in [-0.25, -0.2) is 4.79 Å². The van der Waals surface area contributed by atoms with E-state index in [0.29, 0.717) is 12.1 Å². The van der Waals surface area contributed by atoms with Crippen LogP contribution in [-0.4, -0.2) is 80.7 Å². The van der Waals surface area contributed by atoms with E-state index >= 15 is 0 Å². The highest BCUT2D eigenvalue weighted by Crippen LogP contribution is 2.41. The van der Waals surface area contributed by atoms with Gasteiger partial charge in [0.15, 0.2) is 5.78 Å². The number of rotatable bonds is 10. The SMILES string of the molecule is CCC(=O)C1=NC(C(=O)O)CC(C2C(=NC(CS)C(=O)NCC(=O)O)CCC2C(=O)O)C1. The summed E-state index contributed by atoms with van der Waals surface area (Å²) in [6, 6.07) is -2.18. The molecule has 1 aliphatic heterocycles. The number of nitrogens with one attached hydrogen (secondary N) is 1. The van der Waals surface area contributed by atoms with Crippen molar-refractivity contribution < 1.29 is 39.3 Å². The lowest BCUT2D eigenvalue weighted by molar-refractivity contribution is -0.143. The molecule has 0 spiro atoms. The Balaban J connectivity index is 2.38. The molecule has 12 heteroatoms. The lowest BCUT2D eigenvalue weighted by Crippen LogP contribution is -2.41. The second-order valence-corrected chi connectivity index (χ2v) is 8.21. The number of Topliss-reactive ketones (excluding diaryl/α,β-unsaturated/α-hetero) is 1. The Kier molecular flexibility index (Phi) is 8.93. The van der Waals surface area contributed by atoms with Gasteiger partial charge in [-0.1, -0.05) is 6.92 Å². The molecule has 0 radical (unpaired) electrons. The van der Waals surface area contributed by atoms with Gasteiger partial charge in [0.25, 0.3) is 0 Å². The Bertz CT molecular complexity index is 856. The fraction of sp³-hybridized carbons (Fsp3) is 0.650. The van der Waals surface area contributed by atoms with E-state index < -0.39 is 60.2 Å². The zero-order valence-corrected chi connectivity index (χ0v) is 18.5. The molecule has 5 atom stereocenters. The summed E-state index contributed by atoms with van der Waals surface area (Å²) in [7, 11) is 0. The van der Waals surface area contributed by atoms with Crippen LogP contribution in [0.15, 0.2) is 9.98 Å². The van der Waals surface area contributed by atoms with Crippen LogP contribution in [0.4, 0.5) is 0 Å². The number of ketones is 1. The van der Waals surface area contributed by atoms with E-state index in [1.54, 1.807) is 6.92 Å². The minimum Gasteiger partial charge on any atom is -0.481 e. The highest BCUT2D eigenvalue weighted by molar-refractivity contribution is 7.80. The number of carboxylic acid groups (broad SMARTS) is 3. The first kappa shape index (κ1) is 25.5. The largest absolute Gasteiger partial charge is 0.481 e. The maximum Gasteiger partial charge on any atom is 0.328 e. The monoisotopic (exact) mass is 469 g/mol. The standard InChI is InChI=1S/C20H27N3O8S/c1-2-15(24)12-5-9(6-13(23-12)20(30)31)17-10(19(28)29)3-4-11(17)22-14(8-32)18(27)21-7-16(25)26/h9-10,13-14,17,32H,2-8H2,1H3,(H,21,27)(H,25,26)(H,28,29)(H,30,31). The number of carbonyl (C=O) groups excluding carboxylic acids is 2. The summed E-state index contributed by atoms with van der Waals surface area (Å²) >= 11 is 4.11.